The largest absolute Gasteiger partial charge is 0.277 e. The van der Waals surface area contributed by atoms with Crippen LogP contribution in [-0.2, 0) is 4.57 Å². The van der Waals surface area contributed by atoms with Gasteiger partial charge in [-0.05, 0) is 23.5 Å². The van der Waals surface area contributed by atoms with Crippen LogP contribution in [0.1, 0.15) is 0 Å². The summed E-state index contributed by atoms with van der Waals surface area (Å²) in [6.07, 6.45) is 0. The van der Waals surface area contributed by atoms with Crippen LogP contribution in [-0.4, -0.2) is 0 Å². The standard InChI is InChI=1S/C6H9N2OPS/c7-10(8,9)11-6-4-2-1-3-5-6/h1-5H,(H4,7,8,9). The Balaban J connectivity index is 2.74. The molecular formula is C6H9N2OPS. The van der Waals surface area contributed by atoms with Crippen LogP contribution in [0.4, 0.5) is 0 Å². The van der Waals surface area contributed by atoms with Crippen molar-refractivity contribution in [2.45, 2.75) is 4.90 Å². The third-order valence-electron chi connectivity index (χ3n) is 0.991. The van der Waals surface area contributed by atoms with E-state index < -0.39 is 6.65 Å². The average molecular weight is 188 g/mol. The summed E-state index contributed by atoms with van der Waals surface area (Å²) < 4.78 is 10.9. The van der Waals surface area contributed by atoms with E-state index in [1.807, 2.05) is 30.3 Å². The van der Waals surface area contributed by atoms with E-state index in [9.17, 15) is 4.57 Å². The fourth-order valence-electron chi connectivity index (χ4n) is 0.646. The van der Waals surface area contributed by atoms with Crippen LogP contribution in [0.25, 0.3) is 0 Å². The van der Waals surface area contributed by atoms with E-state index in [4.69, 9.17) is 11.0 Å². The first-order valence-electron chi connectivity index (χ1n) is 3.00. The predicted molar refractivity (Wildman–Crippen MR) is 48.3 cm³/mol. The number of hydrogen-bond acceptors (Lipinski definition) is 2. The summed E-state index contributed by atoms with van der Waals surface area (Å²) >= 11 is 1.01. The van der Waals surface area contributed by atoms with Crippen molar-refractivity contribution >= 4 is 18.0 Å². The summed E-state index contributed by atoms with van der Waals surface area (Å²) in [6.45, 7) is -2.97. The van der Waals surface area contributed by atoms with Gasteiger partial charge >= 0.3 is 0 Å². The second kappa shape index (κ2) is 3.41. The first kappa shape index (κ1) is 8.81. The van der Waals surface area contributed by atoms with Gasteiger partial charge in [0, 0.05) is 4.90 Å². The molecule has 0 bridgehead atoms. The molecule has 0 aliphatic carbocycles. The third kappa shape index (κ3) is 3.58. The molecule has 0 heterocycles. The van der Waals surface area contributed by atoms with E-state index >= 15 is 0 Å². The Bertz CT molecular complexity index is 271. The molecular weight excluding hydrogens is 179 g/mol. The van der Waals surface area contributed by atoms with Crippen LogP contribution in [0.3, 0.4) is 0 Å². The summed E-state index contributed by atoms with van der Waals surface area (Å²) in [5.41, 5.74) is 10.3. The van der Waals surface area contributed by atoms with Gasteiger partial charge in [-0.3, -0.25) is 15.6 Å². The quantitative estimate of drug-likeness (QED) is 0.694. The number of rotatable bonds is 2. The van der Waals surface area contributed by atoms with Crippen molar-refractivity contribution in [1.82, 2.24) is 0 Å². The minimum atomic E-state index is -2.97. The average Bonchev–Trinajstić information content (AvgIpc) is 1.85. The van der Waals surface area contributed by atoms with Gasteiger partial charge in [-0.2, -0.15) is 0 Å². The topological polar surface area (TPSA) is 69.1 Å². The Morgan fingerprint density at radius 3 is 2.18 bits per heavy atom. The van der Waals surface area contributed by atoms with Crippen molar-refractivity contribution in [1.29, 1.82) is 0 Å². The van der Waals surface area contributed by atoms with Gasteiger partial charge in [0.2, 0.25) is 0 Å². The maximum absolute atomic E-state index is 10.9. The van der Waals surface area contributed by atoms with Crippen molar-refractivity contribution in [2.75, 3.05) is 0 Å². The van der Waals surface area contributed by atoms with Crippen molar-refractivity contribution in [3.05, 3.63) is 30.3 Å². The second-order valence-electron chi connectivity index (χ2n) is 2.05. The summed E-state index contributed by atoms with van der Waals surface area (Å²) in [5, 5.41) is 0. The molecule has 0 aromatic heterocycles. The Hall–Kier alpha value is -0.280. The Kier molecular flexibility index (Phi) is 2.73. The second-order valence-corrected chi connectivity index (χ2v) is 6.25. The molecule has 1 aromatic rings. The molecule has 0 fully saturated rings. The van der Waals surface area contributed by atoms with E-state index in [-0.39, 0.29) is 0 Å². The molecule has 0 saturated carbocycles. The Morgan fingerprint density at radius 2 is 1.73 bits per heavy atom. The van der Waals surface area contributed by atoms with Gasteiger partial charge in [0.15, 0.2) is 0 Å². The van der Waals surface area contributed by atoms with Crippen LogP contribution < -0.4 is 11.0 Å². The highest BCUT2D eigenvalue weighted by Crippen LogP contribution is 2.47. The van der Waals surface area contributed by atoms with E-state index in [2.05, 4.69) is 0 Å². The zero-order valence-electron chi connectivity index (χ0n) is 5.81. The number of nitrogens with two attached hydrogens (primary N) is 2. The molecule has 0 aliphatic heterocycles. The molecule has 0 unspecified atom stereocenters. The molecule has 0 spiro atoms. The summed E-state index contributed by atoms with van der Waals surface area (Å²) in [5.74, 6) is 0. The maximum atomic E-state index is 10.9. The highest BCUT2D eigenvalue weighted by Gasteiger charge is 2.09. The SMILES string of the molecule is NP(N)(=O)Sc1ccccc1. The van der Waals surface area contributed by atoms with Gasteiger partial charge < -0.3 is 0 Å². The molecule has 60 valence electrons. The molecule has 0 amide bonds. The molecule has 0 saturated heterocycles. The monoisotopic (exact) mass is 188 g/mol. The van der Waals surface area contributed by atoms with E-state index in [0.29, 0.717) is 0 Å². The lowest BCUT2D eigenvalue weighted by molar-refractivity contribution is 0.587. The van der Waals surface area contributed by atoms with Gasteiger partial charge in [-0.25, -0.2) is 0 Å². The van der Waals surface area contributed by atoms with Crippen LogP contribution in [0.15, 0.2) is 35.2 Å². The zero-order valence-corrected chi connectivity index (χ0v) is 7.52. The summed E-state index contributed by atoms with van der Waals surface area (Å²) in [7, 11) is 0. The smallest absolute Gasteiger partial charge is 0.265 e. The Morgan fingerprint density at radius 1 is 1.18 bits per heavy atom. The molecule has 1 aromatic carbocycles. The van der Waals surface area contributed by atoms with Gasteiger partial charge in [0.25, 0.3) is 6.65 Å². The predicted octanol–water partition coefficient (Wildman–Crippen LogP) is 1.80. The molecule has 5 heteroatoms. The van der Waals surface area contributed by atoms with Gasteiger partial charge in [-0.15, -0.1) is 0 Å². The van der Waals surface area contributed by atoms with Crippen molar-refractivity contribution in [3.8, 4) is 0 Å². The summed E-state index contributed by atoms with van der Waals surface area (Å²) in [6, 6.07) is 9.20. The zero-order chi connectivity index (χ0) is 8.32. The van der Waals surface area contributed by atoms with Gasteiger partial charge in [0.05, 0.1) is 0 Å². The molecule has 11 heavy (non-hydrogen) atoms. The van der Waals surface area contributed by atoms with Gasteiger partial charge in [0.1, 0.15) is 0 Å². The molecule has 0 aliphatic rings. The number of hydrogen-bond donors (Lipinski definition) is 2. The fourth-order valence-corrected chi connectivity index (χ4v) is 2.61. The van der Waals surface area contributed by atoms with Crippen LogP contribution in [0.2, 0.25) is 0 Å². The third-order valence-corrected chi connectivity index (χ3v) is 3.25. The Labute approximate surface area is 69.4 Å². The maximum Gasteiger partial charge on any atom is 0.265 e. The first-order valence-corrected chi connectivity index (χ1v) is 6.26. The minimum Gasteiger partial charge on any atom is -0.277 e. The molecule has 0 atom stereocenters. The normalized spacial score (nSPS) is 11.5. The van der Waals surface area contributed by atoms with Crippen molar-refractivity contribution < 1.29 is 4.57 Å². The molecule has 0 radical (unpaired) electrons. The number of benzene rings is 1. The molecule has 4 N–H and O–H groups in total. The first-order chi connectivity index (χ1) is 5.08. The highest BCUT2D eigenvalue weighted by molar-refractivity contribution is 8.56. The van der Waals surface area contributed by atoms with Crippen LogP contribution in [0, 0.1) is 0 Å². The van der Waals surface area contributed by atoms with Gasteiger partial charge in [-0.1, -0.05) is 18.2 Å². The van der Waals surface area contributed by atoms with Crippen molar-refractivity contribution in [3.63, 3.8) is 0 Å². The van der Waals surface area contributed by atoms with Crippen molar-refractivity contribution in [2.24, 2.45) is 11.0 Å². The summed E-state index contributed by atoms with van der Waals surface area (Å²) in [4.78, 5) is 0.834. The van der Waals surface area contributed by atoms with E-state index in [1.165, 1.54) is 0 Å². The lowest BCUT2D eigenvalue weighted by Crippen LogP contribution is -1.99. The van der Waals surface area contributed by atoms with E-state index in [0.717, 1.165) is 16.3 Å². The van der Waals surface area contributed by atoms with Crippen LogP contribution in [0.5, 0.6) is 0 Å². The fraction of sp³-hybridized carbons (Fsp3) is 0. The minimum absolute atomic E-state index is 0.834. The highest BCUT2D eigenvalue weighted by atomic mass is 32.7. The lowest BCUT2D eigenvalue weighted by Gasteiger charge is -2.03. The molecule has 1 rings (SSSR count). The van der Waals surface area contributed by atoms with Crippen LogP contribution >= 0.6 is 18.0 Å². The molecule has 3 nitrogen and oxygen atoms in total. The lowest BCUT2D eigenvalue weighted by atomic mass is 10.4. The van der Waals surface area contributed by atoms with E-state index in [1.54, 1.807) is 0 Å².